The number of amides is 1. The summed E-state index contributed by atoms with van der Waals surface area (Å²) in [6.07, 6.45) is 10.3. The third-order valence-electron chi connectivity index (χ3n) is 5.15. The van der Waals surface area contributed by atoms with Crippen LogP contribution in [-0.4, -0.2) is 24.0 Å². The highest BCUT2D eigenvalue weighted by atomic mass is 16.1. The van der Waals surface area contributed by atoms with Crippen molar-refractivity contribution >= 4 is 34.3 Å². The molecule has 142 valence electrons. The summed E-state index contributed by atoms with van der Waals surface area (Å²) in [4.78, 5) is 19.1. The van der Waals surface area contributed by atoms with Crippen LogP contribution in [0.1, 0.15) is 31.2 Å². The zero-order valence-electron chi connectivity index (χ0n) is 16.0. The highest BCUT2D eigenvalue weighted by Crippen LogP contribution is 2.20. The van der Waals surface area contributed by atoms with Crippen LogP contribution in [0.2, 0.25) is 0 Å². The number of pyridine rings is 1. The Morgan fingerprint density at radius 3 is 2.50 bits per heavy atom. The van der Waals surface area contributed by atoms with Crippen LogP contribution in [0.15, 0.2) is 66.9 Å². The van der Waals surface area contributed by atoms with Gasteiger partial charge in [-0.1, -0.05) is 43.2 Å². The van der Waals surface area contributed by atoms with Gasteiger partial charge in [0.1, 0.15) is 0 Å². The van der Waals surface area contributed by atoms with Gasteiger partial charge >= 0.3 is 0 Å². The number of fused-ring (bicyclic) bond motifs is 1. The summed E-state index contributed by atoms with van der Waals surface area (Å²) in [6, 6.07) is 18.2. The maximum atomic E-state index is 12.2. The SMILES string of the molecule is O=C(C=Cc1ccc(N2CCCCCC2)cc1)Nc1cnc2ccccc2c1. The van der Waals surface area contributed by atoms with Crippen LogP contribution in [0.25, 0.3) is 17.0 Å². The molecular formula is C24H25N3O. The molecule has 1 aliphatic rings. The van der Waals surface area contributed by atoms with E-state index in [4.69, 9.17) is 0 Å². The number of nitrogens with one attached hydrogen (secondary N) is 1. The Kier molecular flexibility index (Phi) is 5.66. The van der Waals surface area contributed by atoms with E-state index in [1.807, 2.05) is 36.4 Å². The van der Waals surface area contributed by atoms with Gasteiger partial charge in [0.25, 0.3) is 0 Å². The number of carbonyl (C=O) groups is 1. The molecule has 1 N–H and O–H groups in total. The summed E-state index contributed by atoms with van der Waals surface area (Å²) >= 11 is 0. The highest BCUT2D eigenvalue weighted by molar-refractivity contribution is 6.02. The highest BCUT2D eigenvalue weighted by Gasteiger charge is 2.09. The molecule has 0 unspecified atom stereocenters. The van der Waals surface area contributed by atoms with Crippen LogP contribution < -0.4 is 10.2 Å². The molecule has 0 saturated carbocycles. The van der Waals surface area contributed by atoms with E-state index in [1.54, 1.807) is 12.3 Å². The Balaban J connectivity index is 1.38. The van der Waals surface area contributed by atoms with Gasteiger partial charge in [0.2, 0.25) is 5.91 Å². The lowest BCUT2D eigenvalue weighted by molar-refractivity contribution is -0.111. The maximum Gasteiger partial charge on any atom is 0.248 e. The van der Waals surface area contributed by atoms with Crippen molar-refractivity contribution in [2.75, 3.05) is 23.3 Å². The van der Waals surface area contributed by atoms with Gasteiger partial charge in [0, 0.05) is 30.2 Å². The molecule has 0 bridgehead atoms. The predicted octanol–water partition coefficient (Wildman–Crippen LogP) is 5.27. The summed E-state index contributed by atoms with van der Waals surface area (Å²) in [5, 5.41) is 3.89. The van der Waals surface area contributed by atoms with Gasteiger partial charge in [-0.3, -0.25) is 9.78 Å². The van der Waals surface area contributed by atoms with Crippen LogP contribution in [0.3, 0.4) is 0 Å². The zero-order chi connectivity index (χ0) is 19.2. The lowest BCUT2D eigenvalue weighted by Crippen LogP contribution is -2.23. The molecule has 1 aromatic heterocycles. The van der Waals surface area contributed by atoms with E-state index in [0.717, 1.165) is 29.6 Å². The number of carbonyl (C=O) groups excluding carboxylic acids is 1. The number of nitrogens with zero attached hydrogens (tertiary/aromatic N) is 2. The van der Waals surface area contributed by atoms with Crippen LogP contribution in [0, 0.1) is 0 Å². The van der Waals surface area contributed by atoms with E-state index in [9.17, 15) is 4.79 Å². The molecule has 4 heteroatoms. The molecule has 1 fully saturated rings. The summed E-state index contributed by atoms with van der Waals surface area (Å²) in [5.41, 5.74) is 3.90. The van der Waals surface area contributed by atoms with Crippen molar-refractivity contribution < 1.29 is 4.79 Å². The molecule has 0 spiro atoms. The summed E-state index contributed by atoms with van der Waals surface area (Å²) in [5.74, 6) is -0.159. The fourth-order valence-corrected chi connectivity index (χ4v) is 3.62. The molecular weight excluding hydrogens is 346 g/mol. The van der Waals surface area contributed by atoms with E-state index in [2.05, 4.69) is 39.5 Å². The van der Waals surface area contributed by atoms with Gasteiger partial charge in [-0.2, -0.15) is 0 Å². The normalized spacial score (nSPS) is 14.9. The number of benzene rings is 2. The first kappa shape index (κ1) is 18.2. The minimum atomic E-state index is -0.159. The lowest BCUT2D eigenvalue weighted by Gasteiger charge is -2.22. The second-order valence-electron chi connectivity index (χ2n) is 7.23. The minimum Gasteiger partial charge on any atom is -0.372 e. The van der Waals surface area contributed by atoms with Crippen molar-refractivity contribution in [2.24, 2.45) is 0 Å². The van der Waals surface area contributed by atoms with Crippen molar-refractivity contribution in [2.45, 2.75) is 25.7 Å². The third-order valence-corrected chi connectivity index (χ3v) is 5.15. The zero-order valence-corrected chi connectivity index (χ0v) is 16.0. The number of rotatable bonds is 4. The first-order valence-electron chi connectivity index (χ1n) is 9.97. The van der Waals surface area contributed by atoms with Crippen LogP contribution in [0.5, 0.6) is 0 Å². The minimum absolute atomic E-state index is 0.159. The van der Waals surface area contributed by atoms with Gasteiger partial charge in [0.05, 0.1) is 17.4 Å². The quantitative estimate of drug-likeness (QED) is 0.636. The Morgan fingerprint density at radius 1 is 0.964 bits per heavy atom. The summed E-state index contributed by atoms with van der Waals surface area (Å²) in [7, 11) is 0. The maximum absolute atomic E-state index is 12.2. The van der Waals surface area contributed by atoms with Gasteiger partial charge < -0.3 is 10.2 Å². The molecule has 2 aromatic carbocycles. The lowest BCUT2D eigenvalue weighted by atomic mass is 10.1. The van der Waals surface area contributed by atoms with Gasteiger partial charge in [-0.25, -0.2) is 0 Å². The molecule has 0 radical (unpaired) electrons. The first-order chi connectivity index (χ1) is 13.8. The molecule has 4 nitrogen and oxygen atoms in total. The Bertz CT molecular complexity index is 971. The second-order valence-corrected chi connectivity index (χ2v) is 7.23. The van der Waals surface area contributed by atoms with Crippen LogP contribution >= 0.6 is 0 Å². The summed E-state index contributed by atoms with van der Waals surface area (Å²) < 4.78 is 0. The molecule has 0 aliphatic carbocycles. The molecule has 0 atom stereocenters. The smallest absolute Gasteiger partial charge is 0.248 e. The van der Waals surface area contributed by atoms with E-state index in [0.29, 0.717) is 5.69 Å². The van der Waals surface area contributed by atoms with Crippen molar-refractivity contribution in [3.63, 3.8) is 0 Å². The molecule has 4 rings (SSSR count). The molecule has 1 aliphatic heterocycles. The van der Waals surface area contributed by atoms with Gasteiger partial charge in [-0.15, -0.1) is 0 Å². The standard InChI is InChI=1S/C24H25N3O/c28-24(26-21-17-20-7-3-4-8-23(20)25-18-21)14-11-19-9-12-22(13-10-19)27-15-5-1-2-6-16-27/h3-4,7-14,17-18H,1-2,5-6,15-16H2,(H,26,28). The van der Waals surface area contributed by atoms with E-state index < -0.39 is 0 Å². The first-order valence-corrected chi connectivity index (χ1v) is 9.97. The predicted molar refractivity (Wildman–Crippen MR) is 117 cm³/mol. The van der Waals surface area contributed by atoms with Crippen molar-refractivity contribution in [1.29, 1.82) is 0 Å². The topological polar surface area (TPSA) is 45.2 Å². The monoisotopic (exact) mass is 371 g/mol. The molecule has 2 heterocycles. The van der Waals surface area contributed by atoms with Crippen LogP contribution in [0.4, 0.5) is 11.4 Å². The second kappa shape index (κ2) is 8.70. The van der Waals surface area contributed by atoms with Gasteiger partial charge in [0.15, 0.2) is 0 Å². The van der Waals surface area contributed by atoms with Crippen LogP contribution in [-0.2, 0) is 4.79 Å². The van der Waals surface area contributed by atoms with E-state index in [-0.39, 0.29) is 5.91 Å². The van der Waals surface area contributed by atoms with E-state index >= 15 is 0 Å². The molecule has 28 heavy (non-hydrogen) atoms. The Labute approximate surface area is 165 Å². The largest absolute Gasteiger partial charge is 0.372 e. The Hall–Kier alpha value is -3.14. The molecule has 1 saturated heterocycles. The van der Waals surface area contributed by atoms with Crippen molar-refractivity contribution in [3.8, 4) is 0 Å². The van der Waals surface area contributed by atoms with Gasteiger partial charge in [-0.05, 0) is 48.7 Å². The number of hydrogen-bond acceptors (Lipinski definition) is 3. The Morgan fingerprint density at radius 2 is 1.71 bits per heavy atom. The number of anilines is 2. The molecule has 1 amide bonds. The summed E-state index contributed by atoms with van der Waals surface area (Å²) in [6.45, 7) is 2.27. The number of aromatic nitrogens is 1. The number of hydrogen-bond donors (Lipinski definition) is 1. The fourth-order valence-electron chi connectivity index (χ4n) is 3.62. The average Bonchev–Trinajstić information content (AvgIpc) is 3.02. The average molecular weight is 371 g/mol. The fraction of sp³-hybridized carbons (Fsp3) is 0.250. The number of para-hydroxylation sites is 1. The third kappa shape index (κ3) is 4.58. The van der Waals surface area contributed by atoms with Crippen molar-refractivity contribution in [1.82, 2.24) is 4.98 Å². The van der Waals surface area contributed by atoms with E-state index in [1.165, 1.54) is 31.4 Å². The molecule has 3 aromatic rings. The van der Waals surface area contributed by atoms with Crippen molar-refractivity contribution in [3.05, 3.63) is 72.4 Å².